The minimum Gasteiger partial charge on any atom is -0.359 e. The van der Waals surface area contributed by atoms with Crippen molar-refractivity contribution in [2.24, 2.45) is 0 Å². The highest BCUT2D eigenvalue weighted by Crippen LogP contribution is 2.25. The van der Waals surface area contributed by atoms with E-state index >= 15 is 0 Å². The monoisotopic (exact) mass is 233 g/mol. The quantitative estimate of drug-likeness (QED) is 0.618. The van der Waals surface area contributed by atoms with E-state index in [0.29, 0.717) is 12.2 Å². The highest BCUT2D eigenvalue weighted by molar-refractivity contribution is 5.58. The molecular formula is C10H11N5O2. The Kier molecular flexibility index (Phi) is 2.99. The zero-order valence-corrected chi connectivity index (χ0v) is 9.17. The van der Waals surface area contributed by atoms with Crippen LogP contribution in [0.1, 0.15) is 11.3 Å². The molecular weight excluding hydrogens is 222 g/mol. The van der Waals surface area contributed by atoms with Crippen LogP contribution in [0, 0.1) is 17.0 Å². The second-order valence-corrected chi connectivity index (χ2v) is 3.52. The van der Waals surface area contributed by atoms with E-state index in [-0.39, 0.29) is 11.5 Å². The van der Waals surface area contributed by atoms with E-state index in [1.165, 1.54) is 0 Å². The maximum atomic E-state index is 10.8. The van der Waals surface area contributed by atoms with Crippen molar-refractivity contribution in [2.45, 2.75) is 13.5 Å². The van der Waals surface area contributed by atoms with Crippen LogP contribution in [0.3, 0.4) is 0 Å². The third kappa shape index (κ3) is 2.39. The molecule has 0 amide bonds. The molecule has 0 aromatic carbocycles. The van der Waals surface area contributed by atoms with Gasteiger partial charge in [0.25, 0.3) is 0 Å². The second kappa shape index (κ2) is 4.60. The van der Waals surface area contributed by atoms with Crippen molar-refractivity contribution >= 4 is 11.5 Å². The molecule has 0 saturated heterocycles. The Balaban J connectivity index is 2.12. The van der Waals surface area contributed by atoms with Gasteiger partial charge < -0.3 is 5.32 Å². The number of H-pyrrole nitrogens is 1. The minimum absolute atomic E-state index is 0.0195. The third-order valence-corrected chi connectivity index (χ3v) is 2.28. The number of hydrogen-bond donors (Lipinski definition) is 2. The van der Waals surface area contributed by atoms with E-state index in [1.807, 2.05) is 6.07 Å². The number of nitro groups is 1. The topological polar surface area (TPSA) is 96.7 Å². The van der Waals surface area contributed by atoms with Crippen molar-refractivity contribution in [1.82, 2.24) is 15.2 Å². The number of nitrogens with zero attached hydrogens (tertiary/aromatic N) is 3. The lowest BCUT2D eigenvalue weighted by molar-refractivity contribution is -0.384. The molecule has 0 spiro atoms. The van der Waals surface area contributed by atoms with Gasteiger partial charge in [-0.25, -0.2) is 0 Å². The average molecular weight is 233 g/mol. The summed E-state index contributed by atoms with van der Waals surface area (Å²) in [6.45, 7) is 2.05. The van der Waals surface area contributed by atoms with E-state index < -0.39 is 4.92 Å². The summed E-state index contributed by atoms with van der Waals surface area (Å²) in [5.74, 6) is 0.247. The molecule has 2 aromatic heterocycles. The summed E-state index contributed by atoms with van der Waals surface area (Å²) in [5, 5.41) is 20.2. The standard InChI is InChI=1S/C10H11N5O2/c1-7-9(15(16)17)10(14-13-7)12-6-8-3-2-4-11-5-8/h2-5H,6H2,1H3,(H2,12,13,14). The summed E-state index contributed by atoms with van der Waals surface area (Å²) in [5.41, 5.74) is 1.35. The first-order valence-corrected chi connectivity index (χ1v) is 5.00. The van der Waals surface area contributed by atoms with Crippen LogP contribution < -0.4 is 5.32 Å². The molecule has 0 unspecified atom stereocenters. The number of rotatable bonds is 4. The Morgan fingerprint density at radius 2 is 2.41 bits per heavy atom. The van der Waals surface area contributed by atoms with Crippen molar-refractivity contribution in [2.75, 3.05) is 5.32 Å². The van der Waals surface area contributed by atoms with Gasteiger partial charge in [0, 0.05) is 18.9 Å². The Bertz CT molecular complexity index is 523. The number of hydrogen-bond acceptors (Lipinski definition) is 5. The van der Waals surface area contributed by atoms with E-state index in [1.54, 1.807) is 25.4 Å². The Hall–Kier alpha value is -2.44. The molecule has 2 rings (SSSR count). The normalized spacial score (nSPS) is 10.2. The highest BCUT2D eigenvalue weighted by Gasteiger charge is 2.20. The molecule has 7 heteroatoms. The van der Waals surface area contributed by atoms with Crippen molar-refractivity contribution in [3.63, 3.8) is 0 Å². The zero-order chi connectivity index (χ0) is 12.3. The van der Waals surface area contributed by atoms with Gasteiger partial charge in [-0.3, -0.25) is 20.2 Å². The van der Waals surface area contributed by atoms with E-state index in [9.17, 15) is 10.1 Å². The molecule has 0 aliphatic rings. The second-order valence-electron chi connectivity index (χ2n) is 3.52. The lowest BCUT2D eigenvalue weighted by Gasteiger charge is -2.01. The fraction of sp³-hybridized carbons (Fsp3) is 0.200. The molecule has 0 aliphatic heterocycles. The molecule has 88 valence electrons. The molecule has 0 aliphatic carbocycles. The summed E-state index contributed by atoms with van der Waals surface area (Å²) in [6, 6.07) is 3.69. The van der Waals surface area contributed by atoms with Gasteiger partial charge in [0.15, 0.2) is 0 Å². The summed E-state index contributed by atoms with van der Waals surface area (Å²) < 4.78 is 0. The maximum absolute atomic E-state index is 10.8. The fourth-order valence-electron chi connectivity index (χ4n) is 1.46. The first-order valence-electron chi connectivity index (χ1n) is 5.00. The van der Waals surface area contributed by atoms with Gasteiger partial charge in [-0.05, 0) is 18.6 Å². The Morgan fingerprint density at radius 1 is 1.59 bits per heavy atom. The molecule has 2 N–H and O–H groups in total. The van der Waals surface area contributed by atoms with Crippen LogP contribution in [-0.4, -0.2) is 20.1 Å². The average Bonchev–Trinajstić information content (AvgIpc) is 2.69. The van der Waals surface area contributed by atoms with Gasteiger partial charge in [0.1, 0.15) is 5.69 Å². The van der Waals surface area contributed by atoms with Crippen molar-refractivity contribution in [1.29, 1.82) is 0 Å². The van der Waals surface area contributed by atoms with Gasteiger partial charge in [-0.2, -0.15) is 5.10 Å². The molecule has 0 bridgehead atoms. The highest BCUT2D eigenvalue weighted by atomic mass is 16.6. The summed E-state index contributed by atoms with van der Waals surface area (Å²) in [7, 11) is 0. The predicted octanol–water partition coefficient (Wildman–Crippen LogP) is 1.63. The van der Waals surface area contributed by atoms with Crippen LogP contribution in [0.15, 0.2) is 24.5 Å². The largest absolute Gasteiger partial charge is 0.359 e. The minimum atomic E-state index is -0.454. The first-order chi connectivity index (χ1) is 8.18. The molecule has 0 saturated carbocycles. The van der Waals surface area contributed by atoms with Gasteiger partial charge in [-0.15, -0.1) is 0 Å². The predicted molar refractivity (Wildman–Crippen MR) is 61.5 cm³/mol. The molecule has 7 nitrogen and oxygen atoms in total. The summed E-state index contributed by atoms with van der Waals surface area (Å²) in [6.07, 6.45) is 3.36. The Labute approximate surface area is 97.0 Å². The van der Waals surface area contributed by atoms with Crippen LogP contribution in [0.25, 0.3) is 0 Å². The molecule has 0 atom stereocenters. The van der Waals surface area contributed by atoms with Gasteiger partial charge in [0.05, 0.1) is 4.92 Å². The molecule has 0 radical (unpaired) electrons. The SMILES string of the molecule is Cc1[nH]nc(NCc2cccnc2)c1[N+](=O)[O-]. The van der Waals surface area contributed by atoms with E-state index in [2.05, 4.69) is 20.5 Å². The number of aromatic amines is 1. The molecule has 2 heterocycles. The number of aromatic nitrogens is 3. The lowest BCUT2D eigenvalue weighted by Crippen LogP contribution is -2.02. The van der Waals surface area contributed by atoms with Crippen molar-refractivity contribution in [3.8, 4) is 0 Å². The molecule has 17 heavy (non-hydrogen) atoms. The van der Waals surface area contributed by atoms with Crippen molar-refractivity contribution < 1.29 is 4.92 Å². The van der Waals surface area contributed by atoms with Crippen LogP contribution in [0.2, 0.25) is 0 Å². The summed E-state index contributed by atoms with van der Waals surface area (Å²) >= 11 is 0. The van der Waals surface area contributed by atoms with Crippen LogP contribution in [0.5, 0.6) is 0 Å². The van der Waals surface area contributed by atoms with Gasteiger partial charge in [-0.1, -0.05) is 6.07 Å². The van der Waals surface area contributed by atoms with Crippen LogP contribution in [-0.2, 0) is 6.54 Å². The third-order valence-electron chi connectivity index (χ3n) is 2.28. The van der Waals surface area contributed by atoms with Gasteiger partial charge >= 0.3 is 5.69 Å². The lowest BCUT2D eigenvalue weighted by atomic mass is 10.3. The maximum Gasteiger partial charge on any atom is 0.333 e. The number of aryl methyl sites for hydroxylation is 1. The smallest absolute Gasteiger partial charge is 0.333 e. The number of anilines is 1. The van der Waals surface area contributed by atoms with E-state index in [0.717, 1.165) is 5.56 Å². The van der Waals surface area contributed by atoms with Crippen LogP contribution >= 0.6 is 0 Å². The van der Waals surface area contributed by atoms with Crippen LogP contribution in [0.4, 0.5) is 11.5 Å². The fourth-order valence-corrected chi connectivity index (χ4v) is 1.46. The first kappa shape index (κ1) is 11.1. The zero-order valence-electron chi connectivity index (χ0n) is 9.17. The Morgan fingerprint density at radius 3 is 3.06 bits per heavy atom. The van der Waals surface area contributed by atoms with Gasteiger partial charge in [0.2, 0.25) is 5.82 Å². The number of nitrogens with one attached hydrogen (secondary N) is 2. The van der Waals surface area contributed by atoms with Crippen molar-refractivity contribution in [3.05, 3.63) is 45.9 Å². The molecule has 2 aromatic rings. The number of pyridine rings is 1. The molecule has 0 fully saturated rings. The summed E-state index contributed by atoms with van der Waals surface area (Å²) in [4.78, 5) is 14.3. The van der Waals surface area contributed by atoms with E-state index in [4.69, 9.17) is 0 Å².